The molecule has 0 aromatic carbocycles. The van der Waals surface area contributed by atoms with Crippen molar-refractivity contribution in [2.24, 2.45) is 0 Å². The third-order valence-corrected chi connectivity index (χ3v) is 4.55. The van der Waals surface area contributed by atoms with Crippen molar-refractivity contribution in [3.8, 4) is 5.82 Å². The van der Waals surface area contributed by atoms with Crippen molar-refractivity contribution in [1.29, 1.82) is 0 Å². The number of hydrogen-bond acceptors (Lipinski definition) is 7. The summed E-state index contributed by atoms with van der Waals surface area (Å²) >= 11 is 0. The molecule has 26 heavy (non-hydrogen) atoms. The van der Waals surface area contributed by atoms with Gasteiger partial charge in [0, 0.05) is 57.7 Å². The average molecular weight is 355 g/mol. The van der Waals surface area contributed by atoms with Crippen LogP contribution in [0, 0.1) is 0 Å². The Kier molecular flexibility index (Phi) is 4.89. The molecule has 1 aliphatic rings. The van der Waals surface area contributed by atoms with Crippen molar-refractivity contribution in [3.05, 3.63) is 59.3 Å². The largest absolute Gasteiger partial charge is 0.451 e. The maximum absolute atomic E-state index is 12.1. The zero-order valence-electron chi connectivity index (χ0n) is 14.4. The molecule has 4 rings (SSSR count). The van der Waals surface area contributed by atoms with E-state index in [0.29, 0.717) is 12.4 Å². The molecular formula is C17H21N7O2. The van der Waals surface area contributed by atoms with Crippen LogP contribution in [0.2, 0.25) is 0 Å². The summed E-state index contributed by atoms with van der Waals surface area (Å²) < 4.78 is 8.18. The summed E-state index contributed by atoms with van der Waals surface area (Å²) in [6.45, 7) is 6.06. The van der Waals surface area contributed by atoms with Crippen molar-refractivity contribution in [3.63, 3.8) is 0 Å². The van der Waals surface area contributed by atoms with Crippen LogP contribution < -0.4 is 5.56 Å². The van der Waals surface area contributed by atoms with Gasteiger partial charge in [-0.3, -0.25) is 14.6 Å². The van der Waals surface area contributed by atoms with Crippen LogP contribution in [0.1, 0.15) is 5.69 Å². The fraction of sp³-hybridized carbons (Fsp3) is 0.412. The predicted octanol–water partition coefficient (Wildman–Crippen LogP) is 0.235. The monoisotopic (exact) mass is 355 g/mol. The Balaban J connectivity index is 1.31. The molecular weight excluding hydrogens is 334 g/mol. The van der Waals surface area contributed by atoms with E-state index in [9.17, 15) is 4.79 Å². The van der Waals surface area contributed by atoms with Crippen LogP contribution >= 0.6 is 0 Å². The quantitative estimate of drug-likeness (QED) is 0.626. The molecule has 0 saturated carbocycles. The van der Waals surface area contributed by atoms with Gasteiger partial charge < -0.3 is 4.42 Å². The van der Waals surface area contributed by atoms with Crippen LogP contribution in [0.5, 0.6) is 0 Å². The van der Waals surface area contributed by atoms with Gasteiger partial charge in [0.2, 0.25) is 0 Å². The average Bonchev–Trinajstić information content (AvgIpc) is 3.36. The number of oxazole rings is 1. The van der Waals surface area contributed by atoms with Crippen molar-refractivity contribution < 1.29 is 4.42 Å². The predicted molar refractivity (Wildman–Crippen MR) is 93.8 cm³/mol. The first-order chi connectivity index (χ1) is 12.8. The molecule has 0 aliphatic carbocycles. The summed E-state index contributed by atoms with van der Waals surface area (Å²) in [4.78, 5) is 21.0. The summed E-state index contributed by atoms with van der Waals surface area (Å²) in [5, 5.41) is 8.57. The van der Waals surface area contributed by atoms with E-state index in [1.165, 1.54) is 11.1 Å². The summed E-state index contributed by atoms with van der Waals surface area (Å²) in [6.07, 6.45) is 6.66. The summed E-state index contributed by atoms with van der Waals surface area (Å²) in [7, 11) is 0. The van der Waals surface area contributed by atoms with Gasteiger partial charge in [0.05, 0.1) is 12.2 Å². The molecule has 1 saturated heterocycles. The molecule has 4 heterocycles. The Morgan fingerprint density at radius 3 is 2.65 bits per heavy atom. The van der Waals surface area contributed by atoms with Gasteiger partial charge in [-0.2, -0.15) is 5.10 Å². The van der Waals surface area contributed by atoms with Gasteiger partial charge in [0.1, 0.15) is 6.26 Å². The first-order valence-electron chi connectivity index (χ1n) is 8.68. The Labute approximate surface area is 150 Å². The molecule has 0 amide bonds. The minimum atomic E-state index is -0.0921. The minimum absolute atomic E-state index is 0.0921. The normalized spacial score (nSPS) is 16.2. The lowest BCUT2D eigenvalue weighted by Gasteiger charge is -2.34. The topological polar surface area (TPSA) is 85.2 Å². The van der Waals surface area contributed by atoms with Crippen molar-refractivity contribution in [2.45, 2.75) is 13.1 Å². The Hall–Kier alpha value is -2.78. The Morgan fingerprint density at radius 2 is 1.92 bits per heavy atom. The molecule has 1 aliphatic heterocycles. The molecule has 3 aromatic heterocycles. The number of rotatable bonds is 6. The third-order valence-electron chi connectivity index (χ3n) is 4.55. The molecule has 9 heteroatoms. The second kappa shape index (κ2) is 7.63. The maximum Gasteiger partial charge on any atom is 0.266 e. The highest BCUT2D eigenvalue weighted by molar-refractivity contribution is 5.17. The van der Waals surface area contributed by atoms with E-state index in [-0.39, 0.29) is 5.56 Å². The SMILES string of the molecule is O=c1ccc(-n2cccn2)nn1CCN1CCN(Cc2cocn2)CC1. The van der Waals surface area contributed by atoms with Crippen molar-refractivity contribution >= 4 is 0 Å². The van der Waals surface area contributed by atoms with Gasteiger partial charge in [-0.15, -0.1) is 5.10 Å². The van der Waals surface area contributed by atoms with Gasteiger partial charge in [-0.1, -0.05) is 0 Å². The fourth-order valence-electron chi connectivity index (χ4n) is 3.08. The van der Waals surface area contributed by atoms with E-state index in [0.717, 1.165) is 45.0 Å². The van der Waals surface area contributed by atoms with Crippen LogP contribution in [0.25, 0.3) is 5.82 Å². The number of piperazine rings is 1. The van der Waals surface area contributed by atoms with Crippen molar-refractivity contribution in [2.75, 3.05) is 32.7 Å². The number of hydrogen-bond donors (Lipinski definition) is 0. The first kappa shape index (κ1) is 16.7. The lowest BCUT2D eigenvalue weighted by Crippen LogP contribution is -2.47. The highest BCUT2D eigenvalue weighted by Gasteiger charge is 2.17. The highest BCUT2D eigenvalue weighted by Crippen LogP contribution is 2.07. The van der Waals surface area contributed by atoms with E-state index in [1.54, 1.807) is 29.3 Å². The zero-order chi connectivity index (χ0) is 17.8. The lowest BCUT2D eigenvalue weighted by molar-refractivity contribution is 0.121. The third kappa shape index (κ3) is 3.89. The molecule has 0 unspecified atom stereocenters. The Morgan fingerprint density at radius 1 is 1.08 bits per heavy atom. The summed E-state index contributed by atoms with van der Waals surface area (Å²) in [5.41, 5.74) is 0.871. The van der Waals surface area contributed by atoms with Crippen LogP contribution in [-0.4, -0.2) is 67.1 Å². The molecule has 0 N–H and O–H groups in total. The first-order valence-corrected chi connectivity index (χ1v) is 8.68. The van der Waals surface area contributed by atoms with Gasteiger partial charge in [-0.25, -0.2) is 14.3 Å². The van der Waals surface area contributed by atoms with E-state index in [1.807, 2.05) is 12.3 Å². The highest BCUT2D eigenvalue weighted by atomic mass is 16.3. The lowest BCUT2D eigenvalue weighted by atomic mass is 10.3. The zero-order valence-corrected chi connectivity index (χ0v) is 14.4. The number of nitrogens with zero attached hydrogens (tertiary/aromatic N) is 7. The van der Waals surface area contributed by atoms with E-state index < -0.39 is 0 Å². The molecule has 0 atom stereocenters. The summed E-state index contributed by atoms with van der Waals surface area (Å²) in [5.74, 6) is 0.645. The molecule has 9 nitrogen and oxygen atoms in total. The van der Waals surface area contributed by atoms with Gasteiger partial charge in [0.15, 0.2) is 12.2 Å². The second-order valence-corrected chi connectivity index (χ2v) is 6.30. The smallest absolute Gasteiger partial charge is 0.266 e. The van der Waals surface area contributed by atoms with E-state index in [4.69, 9.17) is 4.42 Å². The van der Waals surface area contributed by atoms with Crippen LogP contribution in [0.3, 0.4) is 0 Å². The van der Waals surface area contributed by atoms with Crippen LogP contribution in [0.15, 0.2) is 52.5 Å². The summed E-state index contributed by atoms with van der Waals surface area (Å²) in [6, 6.07) is 5.06. The molecule has 136 valence electrons. The molecule has 0 radical (unpaired) electrons. The van der Waals surface area contributed by atoms with Crippen LogP contribution in [-0.2, 0) is 13.1 Å². The molecule has 3 aromatic rings. The van der Waals surface area contributed by atoms with Crippen molar-refractivity contribution in [1.82, 2.24) is 34.3 Å². The Bertz CT molecular complexity index is 865. The van der Waals surface area contributed by atoms with Gasteiger partial charge >= 0.3 is 0 Å². The number of aromatic nitrogens is 5. The minimum Gasteiger partial charge on any atom is -0.451 e. The molecule has 0 bridgehead atoms. The van der Waals surface area contributed by atoms with E-state index >= 15 is 0 Å². The molecule has 1 fully saturated rings. The van der Waals surface area contributed by atoms with Gasteiger partial charge in [-0.05, 0) is 12.1 Å². The van der Waals surface area contributed by atoms with E-state index in [2.05, 4.69) is 25.0 Å². The second-order valence-electron chi connectivity index (χ2n) is 6.30. The fourth-order valence-corrected chi connectivity index (χ4v) is 3.08. The maximum atomic E-state index is 12.1. The van der Waals surface area contributed by atoms with Crippen LogP contribution in [0.4, 0.5) is 0 Å². The standard InChI is InChI=1S/C17H21N7O2/c25-17-3-2-16(23-5-1-4-19-23)20-24(17)11-10-21-6-8-22(9-7-21)12-15-13-26-14-18-15/h1-5,13-14H,6-12H2. The molecule has 0 spiro atoms. The van der Waals surface area contributed by atoms with Gasteiger partial charge in [0.25, 0.3) is 5.56 Å².